The van der Waals surface area contributed by atoms with E-state index in [4.69, 9.17) is 5.26 Å². The summed E-state index contributed by atoms with van der Waals surface area (Å²) in [6.07, 6.45) is 1.60. The minimum Gasteiger partial charge on any atom is -0.343 e. The molecule has 0 saturated heterocycles. The van der Waals surface area contributed by atoms with E-state index in [-0.39, 0.29) is 5.78 Å². The third kappa shape index (κ3) is 4.01. The molecule has 0 spiro atoms. The summed E-state index contributed by atoms with van der Waals surface area (Å²) in [6, 6.07) is 11.6. The minimum absolute atomic E-state index is 0.0830. The van der Waals surface area contributed by atoms with Gasteiger partial charge in [-0.2, -0.15) is 5.26 Å². The number of thiophene rings is 1. The van der Waals surface area contributed by atoms with E-state index in [9.17, 15) is 4.79 Å². The van der Waals surface area contributed by atoms with Gasteiger partial charge in [0.2, 0.25) is 0 Å². The van der Waals surface area contributed by atoms with E-state index >= 15 is 0 Å². The number of aromatic nitrogens is 2. The lowest BCUT2D eigenvalue weighted by Crippen LogP contribution is -2.07. The second-order valence-electron chi connectivity index (χ2n) is 5.66. The highest BCUT2D eigenvalue weighted by molar-refractivity contribution is 7.99. The van der Waals surface area contributed by atoms with Gasteiger partial charge in [-0.25, -0.2) is 4.98 Å². The molecule has 25 heavy (non-hydrogen) atoms. The van der Waals surface area contributed by atoms with Crippen molar-refractivity contribution in [3.8, 4) is 6.07 Å². The van der Waals surface area contributed by atoms with Crippen molar-refractivity contribution in [1.82, 2.24) is 9.55 Å². The zero-order valence-electron chi connectivity index (χ0n) is 14.0. The first kappa shape index (κ1) is 17.5. The molecule has 3 heterocycles. The predicted molar refractivity (Wildman–Crippen MR) is 101 cm³/mol. The number of nitrogens with zero attached hydrogens (tertiary/aromatic N) is 3. The average Bonchev–Trinajstić information content (AvgIpc) is 3.23. The van der Waals surface area contributed by atoms with Crippen molar-refractivity contribution < 1.29 is 4.79 Å². The number of hydrogen-bond acceptors (Lipinski definition) is 5. The first-order valence-electron chi connectivity index (χ1n) is 7.79. The lowest BCUT2D eigenvalue weighted by atomic mass is 10.2. The Balaban J connectivity index is 1.73. The van der Waals surface area contributed by atoms with Gasteiger partial charge in [0.1, 0.15) is 0 Å². The molecule has 0 N–H and O–H groups in total. The number of thioether (sulfide) groups is 1. The molecule has 0 unspecified atom stereocenters. The second kappa shape index (κ2) is 7.68. The molecular weight excluding hydrogens is 350 g/mol. The number of aryl methyl sites for hydroxylation is 1. The maximum absolute atomic E-state index is 12.6. The van der Waals surface area contributed by atoms with Crippen molar-refractivity contribution in [3.63, 3.8) is 0 Å². The molecule has 0 aliphatic rings. The number of hydrogen-bond donors (Lipinski definition) is 0. The van der Waals surface area contributed by atoms with E-state index in [2.05, 4.69) is 27.1 Å². The summed E-state index contributed by atoms with van der Waals surface area (Å²) in [4.78, 5) is 18.1. The van der Waals surface area contributed by atoms with Gasteiger partial charge in [0, 0.05) is 28.0 Å². The van der Waals surface area contributed by atoms with Gasteiger partial charge in [0.05, 0.1) is 29.0 Å². The molecule has 0 saturated carbocycles. The molecule has 0 bridgehead atoms. The van der Waals surface area contributed by atoms with Crippen LogP contribution in [0.5, 0.6) is 0 Å². The fourth-order valence-corrected chi connectivity index (χ4v) is 4.13. The molecule has 0 amide bonds. The molecule has 0 atom stereocenters. The fraction of sp³-hybridized carbons (Fsp3) is 0.211. The Morgan fingerprint density at radius 2 is 2.20 bits per heavy atom. The fourth-order valence-electron chi connectivity index (χ4n) is 2.66. The normalized spacial score (nSPS) is 10.6. The van der Waals surface area contributed by atoms with E-state index < -0.39 is 0 Å². The first-order valence-corrected chi connectivity index (χ1v) is 9.66. The van der Waals surface area contributed by atoms with E-state index in [0.29, 0.717) is 16.3 Å². The number of rotatable bonds is 6. The summed E-state index contributed by atoms with van der Waals surface area (Å²) in [7, 11) is 0. The van der Waals surface area contributed by atoms with E-state index in [1.807, 2.05) is 26.0 Å². The van der Waals surface area contributed by atoms with Crippen LogP contribution in [-0.4, -0.2) is 21.1 Å². The number of carbonyl (C=O) groups is 1. The van der Waals surface area contributed by atoms with Crippen molar-refractivity contribution in [3.05, 3.63) is 69.3 Å². The smallest absolute Gasteiger partial charge is 0.174 e. The van der Waals surface area contributed by atoms with Crippen molar-refractivity contribution in [2.75, 3.05) is 5.75 Å². The third-order valence-electron chi connectivity index (χ3n) is 3.98. The Hall–Kier alpha value is -2.36. The quantitative estimate of drug-likeness (QED) is 0.477. The molecule has 0 aromatic carbocycles. The zero-order chi connectivity index (χ0) is 17.8. The van der Waals surface area contributed by atoms with Crippen LogP contribution in [0.1, 0.15) is 32.2 Å². The average molecular weight is 367 g/mol. The molecular formula is C19H17N3OS2. The molecule has 0 fully saturated rings. The molecule has 0 aliphatic heterocycles. The monoisotopic (exact) mass is 367 g/mol. The summed E-state index contributed by atoms with van der Waals surface area (Å²) in [5.41, 5.74) is 3.40. The molecule has 6 heteroatoms. The van der Waals surface area contributed by atoms with Crippen molar-refractivity contribution in [1.29, 1.82) is 5.26 Å². The van der Waals surface area contributed by atoms with Gasteiger partial charge in [-0.3, -0.25) is 4.79 Å². The van der Waals surface area contributed by atoms with Gasteiger partial charge < -0.3 is 4.57 Å². The number of nitriles is 1. The summed E-state index contributed by atoms with van der Waals surface area (Å²) in [5.74, 6) is 0.394. The summed E-state index contributed by atoms with van der Waals surface area (Å²) in [5, 5.41) is 11.7. The Morgan fingerprint density at radius 1 is 1.36 bits per heavy atom. The maximum atomic E-state index is 12.6. The predicted octanol–water partition coefficient (Wildman–Crippen LogP) is 4.46. The third-order valence-corrected chi connectivity index (χ3v) is 5.77. The summed E-state index contributed by atoms with van der Waals surface area (Å²) < 4.78 is 2.18. The summed E-state index contributed by atoms with van der Waals surface area (Å²) in [6.45, 7) is 4.82. The molecule has 4 nitrogen and oxygen atoms in total. The van der Waals surface area contributed by atoms with Crippen LogP contribution in [0.15, 0.2) is 46.9 Å². The topological polar surface area (TPSA) is 58.7 Å². The standard InChI is InChI=1S/C19H17N3OS2/c1-13-8-17(14(2)22(13)11-16-4-3-7-24-16)18(23)12-25-19-9-15(10-20)5-6-21-19/h3-9H,11-12H2,1-2H3. The SMILES string of the molecule is Cc1cc(C(=O)CSc2cc(C#N)ccn2)c(C)n1Cc1cccs1. The van der Waals surface area contributed by atoms with Crippen LogP contribution >= 0.6 is 23.1 Å². The zero-order valence-corrected chi connectivity index (χ0v) is 15.7. The summed E-state index contributed by atoms with van der Waals surface area (Å²) >= 11 is 3.08. The van der Waals surface area contributed by atoms with Crippen molar-refractivity contribution in [2.45, 2.75) is 25.4 Å². The minimum atomic E-state index is 0.0830. The highest BCUT2D eigenvalue weighted by atomic mass is 32.2. The van der Waals surface area contributed by atoms with Gasteiger partial charge in [0.25, 0.3) is 0 Å². The molecule has 3 aromatic rings. The maximum Gasteiger partial charge on any atom is 0.174 e. The lowest BCUT2D eigenvalue weighted by Gasteiger charge is -2.08. The van der Waals surface area contributed by atoms with Crippen LogP contribution in [-0.2, 0) is 6.54 Å². The number of pyridine rings is 1. The van der Waals surface area contributed by atoms with Gasteiger partial charge in [0.15, 0.2) is 5.78 Å². The van der Waals surface area contributed by atoms with Crippen LogP contribution in [0.3, 0.4) is 0 Å². The molecule has 0 radical (unpaired) electrons. The van der Waals surface area contributed by atoms with Gasteiger partial charge in [-0.05, 0) is 43.5 Å². The number of carbonyl (C=O) groups excluding carboxylic acids is 1. The molecule has 126 valence electrons. The van der Waals surface area contributed by atoms with Gasteiger partial charge in [-0.15, -0.1) is 11.3 Å². The number of Topliss-reactive ketones (excluding diaryl/α,β-unsaturated/α-hetero) is 1. The Bertz CT molecular complexity index is 936. The Labute approximate surface area is 155 Å². The first-order chi connectivity index (χ1) is 12.1. The van der Waals surface area contributed by atoms with Crippen LogP contribution in [0.25, 0.3) is 0 Å². The van der Waals surface area contributed by atoms with E-state index in [0.717, 1.165) is 23.5 Å². The van der Waals surface area contributed by atoms with E-state index in [1.54, 1.807) is 29.7 Å². The second-order valence-corrected chi connectivity index (χ2v) is 7.68. The van der Waals surface area contributed by atoms with Crippen molar-refractivity contribution >= 4 is 28.9 Å². The molecule has 3 rings (SSSR count). The highest BCUT2D eigenvalue weighted by Gasteiger charge is 2.16. The van der Waals surface area contributed by atoms with E-state index in [1.165, 1.54) is 16.6 Å². The number of ketones is 1. The van der Waals surface area contributed by atoms with Crippen LogP contribution in [0.4, 0.5) is 0 Å². The van der Waals surface area contributed by atoms with Crippen LogP contribution in [0, 0.1) is 25.2 Å². The van der Waals surface area contributed by atoms with Gasteiger partial charge >= 0.3 is 0 Å². The van der Waals surface area contributed by atoms with Crippen LogP contribution < -0.4 is 0 Å². The Kier molecular flexibility index (Phi) is 5.37. The lowest BCUT2D eigenvalue weighted by molar-refractivity contribution is 0.102. The molecule has 3 aromatic heterocycles. The highest BCUT2D eigenvalue weighted by Crippen LogP contribution is 2.23. The Morgan fingerprint density at radius 3 is 2.92 bits per heavy atom. The molecule has 0 aliphatic carbocycles. The van der Waals surface area contributed by atoms with Crippen LogP contribution in [0.2, 0.25) is 0 Å². The van der Waals surface area contributed by atoms with Gasteiger partial charge in [-0.1, -0.05) is 17.8 Å². The van der Waals surface area contributed by atoms with Crippen molar-refractivity contribution in [2.24, 2.45) is 0 Å². The largest absolute Gasteiger partial charge is 0.343 e.